The van der Waals surface area contributed by atoms with E-state index < -0.39 is 0 Å². The second kappa shape index (κ2) is 5.09. The quantitative estimate of drug-likeness (QED) is 0.534. The van der Waals surface area contributed by atoms with E-state index in [9.17, 15) is 5.11 Å². The SMILES string of the molecule is COc1ccc(-c2n[nH]c3ccc(-c4nn[nH]n4)cc23)cc1O. The van der Waals surface area contributed by atoms with Crippen LogP contribution in [0.4, 0.5) is 0 Å². The standard InChI is InChI=1S/C15H12N6O2/c1-23-13-5-3-8(7-12(13)22)14-10-6-9(15-18-20-21-19-15)2-4-11(10)16-17-14/h2-7,22H,1H3,(H,16,17)(H,18,19,20,21). The summed E-state index contributed by atoms with van der Waals surface area (Å²) in [6.07, 6.45) is 0. The first-order chi connectivity index (χ1) is 11.3. The van der Waals surface area contributed by atoms with Gasteiger partial charge in [-0.05, 0) is 41.6 Å². The zero-order valence-electron chi connectivity index (χ0n) is 12.1. The van der Waals surface area contributed by atoms with Crippen molar-refractivity contribution in [2.45, 2.75) is 0 Å². The number of nitrogens with zero attached hydrogens (tertiary/aromatic N) is 4. The van der Waals surface area contributed by atoms with Crippen molar-refractivity contribution in [1.82, 2.24) is 30.8 Å². The Bertz CT molecular complexity index is 977. The molecule has 0 unspecified atom stereocenters. The van der Waals surface area contributed by atoms with Gasteiger partial charge in [0.25, 0.3) is 0 Å². The van der Waals surface area contributed by atoms with E-state index in [-0.39, 0.29) is 5.75 Å². The fourth-order valence-electron chi connectivity index (χ4n) is 2.49. The molecule has 3 N–H and O–H groups in total. The third kappa shape index (κ3) is 2.16. The van der Waals surface area contributed by atoms with E-state index >= 15 is 0 Å². The van der Waals surface area contributed by atoms with E-state index in [1.54, 1.807) is 12.1 Å². The molecule has 2 heterocycles. The van der Waals surface area contributed by atoms with Crippen molar-refractivity contribution < 1.29 is 9.84 Å². The first-order valence-electron chi connectivity index (χ1n) is 6.85. The Kier molecular flexibility index (Phi) is 2.94. The zero-order chi connectivity index (χ0) is 15.8. The van der Waals surface area contributed by atoms with Gasteiger partial charge in [-0.1, -0.05) is 0 Å². The molecule has 2 aromatic carbocycles. The molecule has 0 bridgehead atoms. The molecule has 0 aliphatic carbocycles. The molecule has 0 atom stereocenters. The van der Waals surface area contributed by atoms with Crippen LogP contribution in [0.25, 0.3) is 33.5 Å². The van der Waals surface area contributed by atoms with Gasteiger partial charge in [-0.15, -0.1) is 10.2 Å². The Balaban J connectivity index is 1.87. The average Bonchev–Trinajstić information content (AvgIpc) is 3.24. The lowest BCUT2D eigenvalue weighted by atomic mass is 10.0. The first kappa shape index (κ1) is 13.3. The summed E-state index contributed by atoms with van der Waals surface area (Å²) in [5.41, 5.74) is 3.21. The fourth-order valence-corrected chi connectivity index (χ4v) is 2.49. The predicted molar refractivity (Wildman–Crippen MR) is 82.9 cm³/mol. The first-order valence-corrected chi connectivity index (χ1v) is 6.85. The van der Waals surface area contributed by atoms with Crippen molar-refractivity contribution in [2.75, 3.05) is 7.11 Å². The molecular formula is C15H12N6O2. The van der Waals surface area contributed by atoms with Gasteiger partial charge in [0.15, 0.2) is 11.5 Å². The van der Waals surface area contributed by atoms with Crippen molar-refractivity contribution >= 4 is 10.9 Å². The average molecular weight is 308 g/mol. The molecule has 8 heteroatoms. The molecular weight excluding hydrogens is 296 g/mol. The Morgan fingerprint density at radius 1 is 1.04 bits per heavy atom. The van der Waals surface area contributed by atoms with Gasteiger partial charge >= 0.3 is 0 Å². The highest BCUT2D eigenvalue weighted by atomic mass is 16.5. The third-order valence-electron chi connectivity index (χ3n) is 3.62. The summed E-state index contributed by atoms with van der Waals surface area (Å²) in [5.74, 6) is 0.994. The van der Waals surface area contributed by atoms with Gasteiger partial charge in [0.1, 0.15) is 5.69 Å². The van der Waals surface area contributed by atoms with E-state index in [0.29, 0.717) is 11.6 Å². The fraction of sp³-hybridized carbons (Fsp3) is 0.0667. The smallest absolute Gasteiger partial charge is 0.204 e. The van der Waals surface area contributed by atoms with E-state index in [1.165, 1.54) is 7.11 Å². The molecule has 4 rings (SSSR count). The third-order valence-corrected chi connectivity index (χ3v) is 3.62. The number of tetrazole rings is 1. The summed E-state index contributed by atoms with van der Waals surface area (Å²) in [6.45, 7) is 0. The number of phenolic OH excluding ortho intramolecular Hbond substituents is 1. The maximum atomic E-state index is 9.97. The van der Waals surface area contributed by atoms with Crippen LogP contribution in [-0.4, -0.2) is 43.0 Å². The number of hydrogen-bond acceptors (Lipinski definition) is 6. The number of fused-ring (bicyclic) bond motifs is 1. The van der Waals surface area contributed by atoms with Crippen LogP contribution in [0.3, 0.4) is 0 Å². The second-order valence-corrected chi connectivity index (χ2v) is 4.95. The van der Waals surface area contributed by atoms with Crippen molar-refractivity contribution in [3.63, 3.8) is 0 Å². The number of nitrogens with one attached hydrogen (secondary N) is 2. The number of aromatic nitrogens is 6. The number of hydrogen-bond donors (Lipinski definition) is 3. The van der Waals surface area contributed by atoms with Crippen LogP contribution in [0.2, 0.25) is 0 Å². The highest BCUT2D eigenvalue weighted by molar-refractivity contribution is 5.95. The van der Waals surface area contributed by atoms with Gasteiger partial charge < -0.3 is 9.84 Å². The molecule has 0 fully saturated rings. The summed E-state index contributed by atoms with van der Waals surface area (Å²) in [5, 5.41) is 32.2. The van der Waals surface area contributed by atoms with Crippen molar-refractivity contribution in [3.05, 3.63) is 36.4 Å². The number of H-pyrrole nitrogens is 2. The van der Waals surface area contributed by atoms with Gasteiger partial charge in [0.2, 0.25) is 5.82 Å². The van der Waals surface area contributed by atoms with E-state index in [0.717, 1.165) is 27.7 Å². The Morgan fingerprint density at radius 2 is 1.91 bits per heavy atom. The Hall–Kier alpha value is -3.42. The molecule has 0 spiro atoms. The zero-order valence-corrected chi connectivity index (χ0v) is 12.1. The number of methoxy groups -OCH3 is 1. The van der Waals surface area contributed by atoms with E-state index in [2.05, 4.69) is 30.8 Å². The Morgan fingerprint density at radius 3 is 2.65 bits per heavy atom. The van der Waals surface area contributed by atoms with Crippen LogP contribution in [0.15, 0.2) is 36.4 Å². The minimum Gasteiger partial charge on any atom is -0.504 e. The van der Waals surface area contributed by atoms with Gasteiger partial charge in [0, 0.05) is 16.5 Å². The lowest BCUT2D eigenvalue weighted by molar-refractivity contribution is 0.373. The van der Waals surface area contributed by atoms with Crippen LogP contribution in [0.1, 0.15) is 0 Å². The molecule has 0 saturated heterocycles. The lowest BCUT2D eigenvalue weighted by Gasteiger charge is -2.05. The maximum absolute atomic E-state index is 9.97. The van der Waals surface area contributed by atoms with Crippen molar-refractivity contribution in [1.29, 1.82) is 0 Å². The minimum absolute atomic E-state index is 0.0653. The maximum Gasteiger partial charge on any atom is 0.204 e. The topological polar surface area (TPSA) is 113 Å². The number of aromatic hydroxyl groups is 1. The van der Waals surface area contributed by atoms with Crippen LogP contribution < -0.4 is 4.74 Å². The Labute approximate surface area is 130 Å². The molecule has 0 radical (unpaired) electrons. The van der Waals surface area contributed by atoms with Crippen LogP contribution >= 0.6 is 0 Å². The summed E-state index contributed by atoms with van der Waals surface area (Å²) >= 11 is 0. The summed E-state index contributed by atoms with van der Waals surface area (Å²) in [7, 11) is 1.51. The molecule has 0 amide bonds. The summed E-state index contributed by atoms with van der Waals surface area (Å²) < 4.78 is 5.07. The van der Waals surface area contributed by atoms with E-state index in [1.807, 2.05) is 24.3 Å². The predicted octanol–water partition coefficient (Wildman–Crippen LogP) is 2.12. The highest BCUT2D eigenvalue weighted by Gasteiger charge is 2.13. The molecule has 114 valence electrons. The molecule has 23 heavy (non-hydrogen) atoms. The number of rotatable bonds is 3. The molecule has 0 aliphatic rings. The van der Waals surface area contributed by atoms with Gasteiger partial charge in [0.05, 0.1) is 12.6 Å². The van der Waals surface area contributed by atoms with E-state index in [4.69, 9.17) is 4.74 Å². The minimum atomic E-state index is 0.0653. The summed E-state index contributed by atoms with van der Waals surface area (Å²) in [4.78, 5) is 0. The molecule has 2 aromatic heterocycles. The summed E-state index contributed by atoms with van der Waals surface area (Å²) in [6, 6.07) is 10.9. The molecule has 8 nitrogen and oxygen atoms in total. The van der Waals surface area contributed by atoms with Gasteiger partial charge in [-0.25, -0.2) is 0 Å². The highest BCUT2D eigenvalue weighted by Crippen LogP contribution is 2.34. The number of ether oxygens (including phenoxy) is 1. The molecule has 0 aliphatic heterocycles. The normalized spacial score (nSPS) is 11.0. The van der Waals surface area contributed by atoms with Crippen LogP contribution in [0.5, 0.6) is 11.5 Å². The van der Waals surface area contributed by atoms with Crippen molar-refractivity contribution in [2.24, 2.45) is 0 Å². The molecule has 4 aromatic rings. The lowest BCUT2D eigenvalue weighted by Crippen LogP contribution is -1.85. The number of benzene rings is 2. The van der Waals surface area contributed by atoms with Gasteiger partial charge in [-0.2, -0.15) is 10.3 Å². The van der Waals surface area contributed by atoms with Crippen LogP contribution in [-0.2, 0) is 0 Å². The molecule has 0 saturated carbocycles. The second-order valence-electron chi connectivity index (χ2n) is 4.95. The van der Waals surface area contributed by atoms with Gasteiger partial charge in [-0.3, -0.25) is 5.10 Å². The van der Waals surface area contributed by atoms with Crippen molar-refractivity contribution in [3.8, 4) is 34.1 Å². The number of aromatic amines is 2. The number of phenols is 1. The van der Waals surface area contributed by atoms with Crippen LogP contribution in [0, 0.1) is 0 Å². The largest absolute Gasteiger partial charge is 0.504 e. The monoisotopic (exact) mass is 308 g/mol.